The largest absolute Gasteiger partial charge is 0.341 e. The number of halogens is 1. The Kier molecular flexibility index (Phi) is 5.61. The van der Waals surface area contributed by atoms with Crippen LogP contribution in [0.3, 0.4) is 0 Å². The molecule has 1 aliphatic carbocycles. The highest BCUT2D eigenvalue weighted by atomic mass is 35.5. The summed E-state index contributed by atoms with van der Waals surface area (Å²) in [4.78, 5) is 14.3. The lowest BCUT2D eigenvalue weighted by atomic mass is 9.60. The van der Waals surface area contributed by atoms with E-state index in [4.69, 9.17) is 16.7 Å². The van der Waals surface area contributed by atoms with Crippen molar-refractivity contribution in [1.29, 1.82) is 0 Å². The van der Waals surface area contributed by atoms with Crippen molar-refractivity contribution in [3.05, 3.63) is 52.9 Å². The van der Waals surface area contributed by atoms with E-state index in [1.165, 1.54) is 0 Å². The van der Waals surface area contributed by atoms with Crippen molar-refractivity contribution in [2.75, 3.05) is 18.8 Å². The number of H-pyrrole nitrogens is 1. The Morgan fingerprint density at radius 2 is 1.97 bits per heavy atom. The predicted molar refractivity (Wildman–Crippen MR) is 157 cm³/mol. The number of thiol groups is 1. The number of hydrogen-bond donors (Lipinski definition) is 2. The van der Waals surface area contributed by atoms with E-state index in [0.29, 0.717) is 12.2 Å². The first kappa shape index (κ1) is 24.7. The van der Waals surface area contributed by atoms with Crippen LogP contribution in [-0.2, 0) is 11.8 Å². The number of benzene rings is 2. The quantitative estimate of drug-likeness (QED) is 0.269. The maximum Gasteiger partial charge on any atom is 0.223 e. The summed E-state index contributed by atoms with van der Waals surface area (Å²) in [5, 5.41) is 19.9. The molecule has 2 fully saturated rings. The van der Waals surface area contributed by atoms with Crippen molar-refractivity contribution < 1.29 is 4.79 Å². The molecule has 10 heteroatoms. The summed E-state index contributed by atoms with van der Waals surface area (Å²) in [6.45, 7) is 5.86. The molecule has 1 saturated heterocycles. The first-order valence-electron chi connectivity index (χ1n) is 13.3. The molecular weight excluding hydrogens is 530 g/mol. The predicted octanol–water partition coefficient (Wildman–Crippen LogP) is 5.73. The monoisotopic (exact) mass is 559 g/mol. The standard InChI is InChI=1S/C29H30ClN7OS/c1-16-8-22-21(13-31-33-22)26(27(16)30)25-17(2)37(20-10-29(11-20)14-36(15-29)24(38)6-7-39)34-28(25)18-4-5-23-19(9-18)12-32-35(23)3/h4-5,8-9,12-13,20,39H,6-7,10-11,14-15H2,1-3H3,(H,31,33). The van der Waals surface area contributed by atoms with Crippen molar-refractivity contribution in [3.63, 3.8) is 0 Å². The van der Waals surface area contributed by atoms with Crippen molar-refractivity contribution >= 4 is 51.9 Å². The molecule has 0 atom stereocenters. The SMILES string of the molecule is Cc1cc2[nH]ncc2c(-c2c(-c3ccc4c(cnn4C)c3)nn(C3CC4(C3)CN(C(=O)CCS)C4)c2C)c1Cl. The lowest BCUT2D eigenvalue weighted by molar-refractivity contribution is -0.153. The van der Waals surface area contributed by atoms with Crippen LogP contribution in [0.5, 0.6) is 0 Å². The summed E-state index contributed by atoms with van der Waals surface area (Å²) in [6, 6.07) is 8.71. The number of fused-ring (bicyclic) bond motifs is 2. The zero-order valence-electron chi connectivity index (χ0n) is 22.2. The molecule has 8 nitrogen and oxygen atoms in total. The van der Waals surface area contributed by atoms with E-state index in [0.717, 1.165) is 86.4 Å². The molecule has 4 heterocycles. The van der Waals surface area contributed by atoms with E-state index in [2.05, 4.69) is 57.7 Å². The van der Waals surface area contributed by atoms with Gasteiger partial charge in [-0.3, -0.25) is 19.3 Å². The Balaban J connectivity index is 1.32. The number of carbonyl (C=O) groups excluding carboxylic acids is 1. The number of aryl methyl sites for hydroxylation is 2. The van der Waals surface area contributed by atoms with E-state index < -0.39 is 0 Å². The van der Waals surface area contributed by atoms with Crippen LogP contribution < -0.4 is 0 Å². The fourth-order valence-electron chi connectivity index (χ4n) is 6.70. The van der Waals surface area contributed by atoms with Crippen LogP contribution >= 0.6 is 24.2 Å². The van der Waals surface area contributed by atoms with Gasteiger partial charge in [0.05, 0.1) is 34.5 Å². The number of amides is 1. The molecule has 1 saturated carbocycles. The molecule has 1 N–H and O–H groups in total. The maximum atomic E-state index is 12.3. The van der Waals surface area contributed by atoms with Gasteiger partial charge >= 0.3 is 0 Å². The average Bonchev–Trinajstić information content (AvgIpc) is 3.56. The Hall–Kier alpha value is -3.30. The molecule has 0 unspecified atom stereocenters. The fourth-order valence-corrected chi connectivity index (χ4v) is 7.14. The molecule has 7 rings (SSSR count). The number of aromatic nitrogens is 6. The Bertz CT molecular complexity index is 1770. The van der Waals surface area contributed by atoms with Gasteiger partial charge in [-0.05, 0) is 56.2 Å². The highest BCUT2D eigenvalue weighted by Gasteiger charge is 2.54. The van der Waals surface area contributed by atoms with Gasteiger partial charge in [0.15, 0.2) is 0 Å². The Labute approximate surface area is 236 Å². The molecule has 1 aliphatic heterocycles. The minimum absolute atomic E-state index is 0.211. The van der Waals surface area contributed by atoms with Gasteiger partial charge in [0.25, 0.3) is 0 Å². The minimum Gasteiger partial charge on any atom is -0.341 e. The van der Waals surface area contributed by atoms with E-state index in [-0.39, 0.29) is 17.4 Å². The molecule has 1 amide bonds. The summed E-state index contributed by atoms with van der Waals surface area (Å²) < 4.78 is 4.08. The third-order valence-electron chi connectivity index (χ3n) is 8.70. The van der Waals surface area contributed by atoms with E-state index in [1.807, 2.05) is 42.0 Å². The van der Waals surface area contributed by atoms with Gasteiger partial charge in [-0.25, -0.2) is 0 Å². The Morgan fingerprint density at radius 1 is 1.18 bits per heavy atom. The third-order valence-corrected chi connectivity index (χ3v) is 9.41. The van der Waals surface area contributed by atoms with Gasteiger partial charge in [-0.1, -0.05) is 17.7 Å². The van der Waals surface area contributed by atoms with Crippen molar-refractivity contribution in [3.8, 4) is 22.4 Å². The Morgan fingerprint density at radius 3 is 2.74 bits per heavy atom. The van der Waals surface area contributed by atoms with E-state index in [1.54, 1.807) is 0 Å². The van der Waals surface area contributed by atoms with Crippen LogP contribution in [0.2, 0.25) is 5.02 Å². The van der Waals surface area contributed by atoms with Gasteiger partial charge in [-0.15, -0.1) is 0 Å². The summed E-state index contributed by atoms with van der Waals surface area (Å²) in [5.41, 5.74) is 8.27. The summed E-state index contributed by atoms with van der Waals surface area (Å²) in [6.07, 6.45) is 6.29. The van der Waals surface area contributed by atoms with Crippen LogP contribution in [0.4, 0.5) is 0 Å². The van der Waals surface area contributed by atoms with E-state index >= 15 is 0 Å². The molecular formula is C29H30ClN7OS. The molecule has 3 aromatic heterocycles. The average molecular weight is 560 g/mol. The number of nitrogens with zero attached hydrogens (tertiary/aromatic N) is 6. The minimum atomic E-state index is 0.211. The lowest BCUT2D eigenvalue weighted by Gasteiger charge is -2.59. The van der Waals surface area contributed by atoms with Crippen LogP contribution in [0.25, 0.3) is 44.2 Å². The molecule has 2 aliphatic rings. The first-order valence-corrected chi connectivity index (χ1v) is 14.3. The second kappa shape index (κ2) is 8.86. The number of aromatic amines is 1. The molecule has 1 spiro atoms. The maximum absolute atomic E-state index is 12.3. The summed E-state index contributed by atoms with van der Waals surface area (Å²) in [7, 11) is 1.95. The normalized spacial score (nSPS) is 16.8. The summed E-state index contributed by atoms with van der Waals surface area (Å²) in [5.74, 6) is 0.808. The number of rotatable bonds is 5. The molecule has 0 radical (unpaired) electrons. The van der Waals surface area contributed by atoms with Crippen LogP contribution in [0.15, 0.2) is 36.7 Å². The highest BCUT2D eigenvalue weighted by molar-refractivity contribution is 7.80. The van der Waals surface area contributed by atoms with E-state index in [9.17, 15) is 4.79 Å². The van der Waals surface area contributed by atoms with Gasteiger partial charge in [0.1, 0.15) is 5.69 Å². The topological polar surface area (TPSA) is 84.6 Å². The number of likely N-dealkylation sites (tertiary alicyclic amines) is 1. The number of nitrogens with one attached hydrogen (secondary N) is 1. The molecule has 0 bridgehead atoms. The first-order chi connectivity index (χ1) is 18.8. The zero-order valence-corrected chi connectivity index (χ0v) is 23.9. The molecule has 2 aromatic carbocycles. The van der Waals surface area contributed by atoms with Gasteiger partial charge < -0.3 is 4.90 Å². The van der Waals surface area contributed by atoms with Crippen molar-refractivity contribution in [2.45, 2.75) is 39.2 Å². The second-order valence-electron chi connectivity index (χ2n) is 11.3. The molecule has 39 heavy (non-hydrogen) atoms. The van der Waals surface area contributed by atoms with Gasteiger partial charge in [-0.2, -0.15) is 27.9 Å². The van der Waals surface area contributed by atoms with Crippen molar-refractivity contribution in [1.82, 2.24) is 34.7 Å². The lowest BCUT2D eigenvalue weighted by Crippen LogP contribution is -2.63. The molecule has 5 aromatic rings. The van der Waals surface area contributed by atoms with Crippen LogP contribution in [-0.4, -0.2) is 59.4 Å². The number of hydrogen-bond acceptors (Lipinski definition) is 5. The third kappa shape index (κ3) is 3.73. The van der Waals surface area contributed by atoms with Crippen LogP contribution in [0.1, 0.15) is 36.6 Å². The highest BCUT2D eigenvalue weighted by Crippen LogP contribution is 2.55. The number of carbonyl (C=O) groups is 1. The van der Waals surface area contributed by atoms with Crippen LogP contribution in [0, 0.1) is 19.3 Å². The smallest absolute Gasteiger partial charge is 0.223 e. The van der Waals surface area contributed by atoms with Gasteiger partial charge in [0.2, 0.25) is 5.91 Å². The second-order valence-corrected chi connectivity index (χ2v) is 12.1. The van der Waals surface area contributed by atoms with Gasteiger partial charge in [0, 0.05) is 65.1 Å². The summed E-state index contributed by atoms with van der Waals surface area (Å²) >= 11 is 11.3. The fraction of sp³-hybridized carbons (Fsp3) is 0.379. The zero-order chi connectivity index (χ0) is 27.1. The molecule has 200 valence electrons. The van der Waals surface area contributed by atoms with Crippen molar-refractivity contribution in [2.24, 2.45) is 12.5 Å².